The molecule has 4 rings (SSSR count). The zero-order chi connectivity index (χ0) is 23.5. The summed E-state index contributed by atoms with van der Waals surface area (Å²) in [6.07, 6.45) is 3.25. The van der Waals surface area contributed by atoms with Crippen LogP contribution in [-0.2, 0) is 16.1 Å². The number of aromatic nitrogens is 1. The van der Waals surface area contributed by atoms with Crippen LogP contribution in [0.3, 0.4) is 0 Å². The number of halogens is 2. The van der Waals surface area contributed by atoms with Crippen molar-refractivity contribution in [3.63, 3.8) is 0 Å². The second kappa shape index (κ2) is 9.65. The number of carbonyl (C=O) groups excluding carboxylic acids is 2. The summed E-state index contributed by atoms with van der Waals surface area (Å²) in [6.45, 7) is 2.50. The molecule has 1 amide bonds. The van der Waals surface area contributed by atoms with E-state index in [1.165, 1.54) is 4.90 Å². The van der Waals surface area contributed by atoms with Crippen LogP contribution in [0.15, 0.2) is 72.6 Å². The molecule has 1 fully saturated rings. The summed E-state index contributed by atoms with van der Waals surface area (Å²) in [7, 11) is 0. The fourth-order valence-electron chi connectivity index (χ4n) is 3.79. The Labute approximate surface area is 201 Å². The van der Waals surface area contributed by atoms with E-state index >= 15 is 0 Å². The smallest absolute Gasteiger partial charge is 0.295 e. The fraction of sp³-hybridized carbons (Fsp3) is 0.160. The molecule has 2 aromatic carbocycles. The normalized spacial score (nSPS) is 17.4. The van der Waals surface area contributed by atoms with Crippen LogP contribution >= 0.6 is 23.2 Å². The number of hydrogen-bond acceptors (Lipinski definition) is 5. The number of ketones is 1. The van der Waals surface area contributed by atoms with Crippen molar-refractivity contribution < 1.29 is 19.4 Å². The van der Waals surface area contributed by atoms with Crippen molar-refractivity contribution in [2.24, 2.45) is 0 Å². The minimum Gasteiger partial charge on any atom is -0.507 e. The molecule has 1 saturated heterocycles. The number of rotatable bonds is 6. The Morgan fingerprint density at radius 2 is 1.85 bits per heavy atom. The maximum absolute atomic E-state index is 13.1. The van der Waals surface area contributed by atoms with Crippen molar-refractivity contribution in [2.45, 2.75) is 19.5 Å². The predicted octanol–water partition coefficient (Wildman–Crippen LogP) is 5.41. The van der Waals surface area contributed by atoms with Gasteiger partial charge in [-0.25, -0.2) is 0 Å². The Morgan fingerprint density at radius 3 is 2.48 bits per heavy atom. The van der Waals surface area contributed by atoms with E-state index in [-0.39, 0.29) is 22.9 Å². The Morgan fingerprint density at radius 1 is 1.09 bits per heavy atom. The molecule has 33 heavy (non-hydrogen) atoms. The molecule has 6 nitrogen and oxygen atoms in total. The van der Waals surface area contributed by atoms with Crippen molar-refractivity contribution in [2.75, 3.05) is 6.61 Å². The molecule has 1 N–H and O–H groups in total. The summed E-state index contributed by atoms with van der Waals surface area (Å²) in [5, 5.41) is 11.8. The molecule has 1 aliphatic rings. The lowest BCUT2D eigenvalue weighted by atomic mass is 9.95. The molecule has 8 heteroatoms. The molecule has 168 valence electrons. The molecule has 1 atom stereocenters. The summed E-state index contributed by atoms with van der Waals surface area (Å²) >= 11 is 12.3. The number of Topliss-reactive ketones (excluding diaryl/α,β-unsaturated/α-hetero) is 1. The number of benzene rings is 2. The highest BCUT2D eigenvalue weighted by Gasteiger charge is 2.46. The van der Waals surface area contributed by atoms with Gasteiger partial charge in [0.05, 0.1) is 28.3 Å². The first-order valence-corrected chi connectivity index (χ1v) is 11.0. The van der Waals surface area contributed by atoms with Gasteiger partial charge in [-0.15, -0.1) is 0 Å². The molecular formula is C25H20Cl2N2O4. The number of ether oxygens (including phenoxy) is 1. The van der Waals surface area contributed by atoms with Gasteiger partial charge < -0.3 is 14.7 Å². The average Bonchev–Trinajstić information content (AvgIpc) is 3.07. The van der Waals surface area contributed by atoms with Crippen molar-refractivity contribution in [1.29, 1.82) is 0 Å². The van der Waals surface area contributed by atoms with E-state index in [9.17, 15) is 14.7 Å². The monoisotopic (exact) mass is 482 g/mol. The maximum atomic E-state index is 13.1. The Kier molecular flexibility index (Phi) is 6.67. The van der Waals surface area contributed by atoms with Crippen LogP contribution in [0.5, 0.6) is 5.75 Å². The van der Waals surface area contributed by atoms with Crippen LogP contribution in [0, 0.1) is 0 Å². The number of pyridine rings is 1. The van der Waals surface area contributed by atoms with Crippen LogP contribution < -0.4 is 4.74 Å². The molecule has 0 unspecified atom stereocenters. The molecule has 0 bridgehead atoms. The van der Waals surface area contributed by atoms with Crippen molar-refractivity contribution in [3.8, 4) is 5.75 Å². The molecule has 3 aromatic rings. The maximum Gasteiger partial charge on any atom is 0.295 e. The standard InChI is InChI=1S/C25H20Cl2N2O4/c1-2-33-18-8-5-16(6-9-18)23(30)21-22(17-7-10-19(26)20(27)12-17)29(25(32)24(21)31)14-15-4-3-11-28-13-15/h3-13,22,30H,2,14H2,1H3/t22-/m1/s1. The number of aliphatic hydroxyl groups is 1. The summed E-state index contributed by atoms with van der Waals surface area (Å²) in [4.78, 5) is 31.7. The Hall–Kier alpha value is -3.35. The quantitative estimate of drug-likeness (QED) is 0.288. The molecule has 0 spiro atoms. The predicted molar refractivity (Wildman–Crippen MR) is 126 cm³/mol. The van der Waals surface area contributed by atoms with Gasteiger partial charge in [-0.2, -0.15) is 0 Å². The third kappa shape index (κ3) is 4.58. The molecule has 2 heterocycles. The minimum atomic E-state index is -0.855. The summed E-state index contributed by atoms with van der Waals surface area (Å²) in [5.41, 5.74) is 1.67. The third-order valence-electron chi connectivity index (χ3n) is 5.31. The number of likely N-dealkylation sites (tertiary alicyclic amines) is 1. The second-order valence-corrected chi connectivity index (χ2v) is 8.23. The minimum absolute atomic E-state index is 0.0218. The van der Waals surface area contributed by atoms with Crippen LogP contribution in [0.2, 0.25) is 10.0 Å². The Bertz CT molecular complexity index is 1230. The number of amides is 1. The summed E-state index contributed by atoms with van der Waals surface area (Å²) in [5.74, 6) is -1.14. The average molecular weight is 483 g/mol. The van der Waals surface area contributed by atoms with E-state index < -0.39 is 17.7 Å². The van der Waals surface area contributed by atoms with Crippen molar-refractivity contribution in [3.05, 3.63) is 99.3 Å². The van der Waals surface area contributed by atoms with Gasteiger partial charge in [0.25, 0.3) is 11.7 Å². The van der Waals surface area contributed by atoms with Crippen LogP contribution in [-0.4, -0.2) is 33.3 Å². The van der Waals surface area contributed by atoms with Gasteiger partial charge in [-0.3, -0.25) is 14.6 Å². The van der Waals surface area contributed by atoms with Crippen molar-refractivity contribution >= 4 is 40.7 Å². The first-order chi connectivity index (χ1) is 15.9. The topological polar surface area (TPSA) is 79.7 Å². The van der Waals surface area contributed by atoms with Crippen LogP contribution in [0.1, 0.15) is 29.7 Å². The van der Waals surface area contributed by atoms with Gasteiger partial charge in [0.15, 0.2) is 0 Å². The van der Waals surface area contributed by atoms with Crippen LogP contribution in [0.25, 0.3) is 5.76 Å². The molecule has 0 saturated carbocycles. The van der Waals surface area contributed by atoms with E-state index in [0.29, 0.717) is 28.5 Å². The number of aliphatic hydroxyl groups excluding tert-OH is 1. The van der Waals surface area contributed by atoms with Gasteiger partial charge in [-0.1, -0.05) is 35.3 Å². The zero-order valence-electron chi connectivity index (χ0n) is 17.7. The van der Waals surface area contributed by atoms with E-state index in [1.54, 1.807) is 60.9 Å². The van der Waals surface area contributed by atoms with Gasteiger partial charge in [0.2, 0.25) is 0 Å². The van der Waals surface area contributed by atoms with E-state index in [2.05, 4.69) is 4.98 Å². The fourth-order valence-corrected chi connectivity index (χ4v) is 4.10. The first-order valence-electron chi connectivity index (χ1n) is 10.3. The van der Waals surface area contributed by atoms with E-state index in [0.717, 1.165) is 5.56 Å². The van der Waals surface area contributed by atoms with Gasteiger partial charge in [0, 0.05) is 24.5 Å². The highest BCUT2D eigenvalue weighted by molar-refractivity contribution is 6.46. The summed E-state index contributed by atoms with van der Waals surface area (Å²) < 4.78 is 5.44. The van der Waals surface area contributed by atoms with E-state index in [4.69, 9.17) is 27.9 Å². The van der Waals surface area contributed by atoms with Crippen LogP contribution in [0.4, 0.5) is 0 Å². The molecule has 1 aromatic heterocycles. The molecule has 0 aliphatic carbocycles. The van der Waals surface area contributed by atoms with Gasteiger partial charge >= 0.3 is 0 Å². The summed E-state index contributed by atoms with van der Waals surface area (Å²) in [6, 6.07) is 14.3. The molecule has 0 radical (unpaired) electrons. The molecule has 1 aliphatic heterocycles. The lowest BCUT2D eigenvalue weighted by Crippen LogP contribution is -2.29. The molecular weight excluding hydrogens is 463 g/mol. The lowest BCUT2D eigenvalue weighted by molar-refractivity contribution is -0.140. The van der Waals surface area contributed by atoms with Gasteiger partial charge in [-0.05, 0) is 60.5 Å². The number of nitrogens with zero attached hydrogens (tertiary/aromatic N) is 2. The number of hydrogen-bond donors (Lipinski definition) is 1. The Balaban J connectivity index is 1.84. The van der Waals surface area contributed by atoms with Crippen molar-refractivity contribution in [1.82, 2.24) is 9.88 Å². The first kappa shape index (κ1) is 22.8. The number of carbonyl (C=O) groups is 2. The zero-order valence-corrected chi connectivity index (χ0v) is 19.2. The SMILES string of the molecule is CCOc1ccc(C(O)=C2C(=O)C(=O)N(Cc3cccnc3)[C@@H]2c2ccc(Cl)c(Cl)c2)cc1. The third-order valence-corrected chi connectivity index (χ3v) is 6.05. The second-order valence-electron chi connectivity index (χ2n) is 7.42. The highest BCUT2D eigenvalue weighted by atomic mass is 35.5. The largest absolute Gasteiger partial charge is 0.507 e. The lowest BCUT2D eigenvalue weighted by Gasteiger charge is -2.25. The highest BCUT2D eigenvalue weighted by Crippen LogP contribution is 2.41. The van der Waals surface area contributed by atoms with Gasteiger partial charge in [0.1, 0.15) is 11.5 Å². The van der Waals surface area contributed by atoms with E-state index in [1.807, 2.05) is 13.0 Å².